The van der Waals surface area contributed by atoms with E-state index in [1.807, 2.05) is 42.5 Å². The summed E-state index contributed by atoms with van der Waals surface area (Å²) in [7, 11) is 3.12. The quantitative estimate of drug-likeness (QED) is 0.423. The van der Waals surface area contributed by atoms with E-state index in [0.29, 0.717) is 40.4 Å². The maximum Gasteiger partial charge on any atom is 0.416 e. The molecule has 186 valence electrons. The number of rotatable bonds is 4. The molecule has 0 bridgehead atoms. The van der Waals surface area contributed by atoms with E-state index in [4.69, 9.17) is 9.47 Å². The zero-order valence-corrected chi connectivity index (χ0v) is 19.8. The molecule has 1 aliphatic heterocycles. The van der Waals surface area contributed by atoms with Crippen molar-refractivity contribution in [1.29, 1.82) is 0 Å². The summed E-state index contributed by atoms with van der Waals surface area (Å²) in [6, 6.07) is 17.5. The van der Waals surface area contributed by atoms with Gasteiger partial charge in [0.1, 0.15) is 0 Å². The maximum atomic E-state index is 13.6. The number of methoxy groups -OCH3 is 2. The van der Waals surface area contributed by atoms with Gasteiger partial charge in [-0.25, -0.2) is 0 Å². The summed E-state index contributed by atoms with van der Waals surface area (Å²) in [5.74, 6) is 0.922. The SMILES string of the molecule is COc1ccc([C@H]2CC(=O)C3=C(C2)Nc2ccccc2N[C@@H]3c2cccc(C(F)(F)F)c2)cc1OC. The minimum Gasteiger partial charge on any atom is -0.493 e. The van der Waals surface area contributed by atoms with Gasteiger partial charge in [0.2, 0.25) is 0 Å². The molecule has 0 saturated heterocycles. The first kappa shape index (κ1) is 23.8. The van der Waals surface area contributed by atoms with Crippen molar-refractivity contribution in [3.63, 3.8) is 0 Å². The van der Waals surface area contributed by atoms with Gasteiger partial charge in [-0.2, -0.15) is 13.2 Å². The van der Waals surface area contributed by atoms with Crippen LogP contribution in [0.3, 0.4) is 0 Å². The van der Waals surface area contributed by atoms with Crippen LogP contribution in [0.5, 0.6) is 11.5 Å². The number of nitrogens with one attached hydrogen (secondary N) is 2. The number of ketones is 1. The summed E-state index contributed by atoms with van der Waals surface area (Å²) in [6.45, 7) is 0. The number of para-hydroxylation sites is 2. The molecule has 5 nitrogen and oxygen atoms in total. The summed E-state index contributed by atoms with van der Waals surface area (Å²) < 4.78 is 51.2. The first-order valence-electron chi connectivity index (χ1n) is 11.6. The molecule has 0 amide bonds. The second-order valence-electron chi connectivity index (χ2n) is 8.91. The number of allylic oxidation sites excluding steroid dienone is 1. The molecular weight excluding hydrogens is 469 g/mol. The van der Waals surface area contributed by atoms with Gasteiger partial charge in [0, 0.05) is 17.7 Å². The van der Waals surface area contributed by atoms with Crippen molar-refractivity contribution in [2.24, 2.45) is 0 Å². The van der Waals surface area contributed by atoms with Crippen LogP contribution in [0.4, 0.5) is 24.5 Å². The van der Waals surface area contributed by atoms with Crippen molar-refractivity contribution >= 4 is 17.2 Å². The Bertz CT molecular complexity index is 1350. The van der Waals surface area contributed by atoms with Crippen LogP contribution in [0.2, 0.25) is 0 Å². The molecule has 2 atom stereocenters. The number of Topliss-reactive ketones (excluding diaryl/α,β-unsaturated/α-hetero) is 1. The molecule has 2 aliphatic rings. The summed E-state index contributed by atoms with van der Waals surface area (Å²) in [6.07, 6.45) is -3.74. The summed E-state index contributed by atoms with van der Waals surface area (Å²) in [4.78, 5) is 13.6. The third-order valence-electron chi connectivity index (χ3n) is 6.74. The van der Waals surface area contributed by atoms with E-state index in [-0.39, 0.29) is 18.1 Å². The van der Waals surface area contributed by atoms with E-state index in [9.17, 15) is 18.0 Å². The fourth-order valence-electron chi connectivity index (χ4n) is 4.98. The number of hydrogen-bond donors (Lipinski definition) is 2. The number of fused-ring (bicyclic) bond motifs is 1. The van der Waals surface area contributed by atoms with Crippen molar-refractivity contribution in [3.8, 4) is 11.5 Å². The summed E-state index contributed by atoms with van der Waals surface area (Å²) in [5, 5.41) is 6.73. The number of carbonyl (C=O) groups is 1. The highest BCUT2D eigenvalue weighted by Gasteiger charge is 2.37. The van der Waals surface area contributed by atoms with Gasteiger partial charge < -0.3 is 20.1 Å². The van der Waals surface area contributed by atoms with Crippen LogP contribution >= 0.6 is 0 Å². The van der Waals surface area contributed by atoms with Crippen LogP contribution in [0.15, 0.2) is 78.0 Å². The lowest BCUT2D eigenvalue weighted by Crippen LogP contribution is -2.27. The molecule has 0 unspecified atom stereocenters. The van der Waals surface area contributed by atoms with E-state index in [0.717, 1.165) is 23.4 Å². The van der Waals surface area contributed by atoms with Gasteiger partial charge in [0.15, 0.2) is 17.3 Å². The molecule has 0 radical (unpaired) electrons. The standard InChI is InChI=1S/C28H25F3N2O3/c1-35-24-11-10-16(15-25(24)36-2)18-13-22-26(23(34)14-18)27(33-21-9-4-3-8-20(21)32-22)17-6-5-7-19(12-17)28(29,30)31/h3-12,15,18,27,32-33H,13-14H2,1-2H3/t18-,27-/m1/s1. The van der Waals surface area contributed by atoms with Crippen LogP contribution in [-0.4, -0.2) is 20.0 Å². The zero-order chi connectivity index (χ0) is 25.4. The van der Waals surface area contributed by atoms with Gasteiger partial charge >= 0.3 is 6.18 Å². The normalized spacial score (nSPS) is 19.4. The predicted octanol–water partition coefficient (Wildman–Crippen LogP) is 6.70. The smallest absolute Gasteiger partial charge is 0.416 e. The molecule has 0 spiro atoms. The lowest BCUT2D eigenvalue weighted by molar-refractivity contribution is -0.137. The molecule has 36 heavy (non-hydrogen) atoms. The van der Waals surface area contributed by atoms with Gasteiger partial charge in [-0.15, -0.1) is 0 Å². The van der Waals surface area contributed by atoms with Gasteiger partial charge in [0.25, 0.3) is 0 Å². The van der Waals surface area contributed by atoms with E-state index in [2.05, 4.69) is 10.6 Å². The van der Waals surface area contributed by atoms with Crippen LogP contribution in [-0.2, 0) is 11.0 Å². The molecule has 8 heteroatoms. The number of carbonyl (C=O) groups excluding carboxylic acids is 1. The average Bonchev–Trinajstić information content (AvgIpc) is 3.04. The lowest BCUT2D eigenvalue weighted by atomic mass is 9.78. The van der Waals surface area contributed by atoms with Gasteiger partial charge in [-0.3, -0.25) is 4.79 Å². The molecule has 0 saturated carbocycles. The molecule has 0 aromatic heterocycles. The molecule has 1 aliphatic carbocycles. The molecular formula is C28H25F3N2O3. The highest BCUT2D eigenvalue weighted by atomic mass is 19.4. The molecule has 3 aromatic rings. The third kappa shape index (κ3) is 4.39. The maximum absolute atomic E-state index is 13.6. The predicted molar refractivity (Wildman–Crippen MR) is 131 cm³/mol. The Labute approximate surface area is 206 Å². The largest absolute Gasteiger partial charge is 0.493 e. The van der Waals surface area contributed by atoms with Crippen molar-refractivity contribution in [3.05, 3.63) is 94.7 Å². The lowest BCUT2D eigenvalue weighted by Gasteiger charge is -2.30. The second-order valence-corrected chi connectivity index (χ2v) is 8.91. The Kier molecular flexibility index (Phi) is 6.12. The van der Waals surface area contributed by atoms with E-state index in [1.165, 1.54) is 6.07 Å². The van der Waals surface area contributed by atoms with Crippen molar-refractivity contribution in [2.75, 3.05) is 24.9 Å². The van der Waals surface area contributed by atoms with Crippen LogP contribution < -0.4 is 20.1 Å². The van der Waals surface area contributed by atoms with Gasteiger partial charge in [-0.1, -0.05) is 30.3 Å². The Morgan fingerprint density at radius 1 is 0.833 bits per heavy atom. The molecule has 5 rings (SSSR count). The topological polar surface area (TPSA) is 59.6 Å². The highest BCUT2D eigenvalue weighted by Crippen LogP contribution is 2.45. The van der Waals surface area contributed by atoms with E-state index in [1.54, 1.807) is 20.3 Å². The van der Waals surface area contributed by atoms with Crippen LogP contribution in [0.25, 0.3) is 0 Å². The highest BCUT2D eigenvalue weighted by molar-refractivity contribution is 6.01. The van der Waals surface area contributed by atoms with Crippen LogP contribution in [0.1, 0.15) is 41.5 Å². The van der Waals surface area contributed by atoms with Crippen LogP contribution in [0, 0.1) is 0 Å². The van der Waals surface area contributed by atoms with Crippen molar-refractivity contribution in [2.45, 2.75) is 31.0 Å². The Morgan fingerprint density at radius 3 is 2.31 bits per heavy atom. The number of benzene rings is 3. The minimum absolute atomic E-state index is 0.119. The molecule has 3 aromatic carbocycles. The summed E-state index contributed by atoms with van der Waals surface area (Å²) >= 11 is 0. The Balaban J connectivity index is 1.59. The third-order valence-corrected chi connectivity index (χ3v) is 6.74. The van der Waals surface area contributed by atoms with E-state index < -0.39 is 17.8 Å². The Morgan fingerprint density at radius 2 is 1.58 bits per heavy atom. The summed E-state index contributed by atoms with van der Waals surface area (Å²) in [5.41, 5.74) is 3.20. The molecule has 1 heterocycles. The minimum atomic E-state index is -4.48. The second kappa shape index (κ2) is 9.26. The fourth-order valence-corrected chi connectivity index (χ4v) is 4.98. The van der Waals surface area contributed by atoms with Gasteiger partial charge in [-0.05, 0) is 59.9 Å². The number of hydrogen-bond acceptors (Lipinski definition) is 5. The number of ether oxygens (including phenoxy) is 2. The zero-order valence-electron chi connectivity index (χ0n) is 19.8. The van der Waals surface area contributed by atoms with Crippen molar-refractivity contribution in [1.82, 2.24) is 0 Å². The first-order valence-corrected chi connectivity index (χ1v) is 11.6. The first-order chi connectivity index (χ1) is 17.3. The van der Waals surface area contributed by atoms with Crippen molar-refractivity contribution < 1.29 is 27.4 Å². The molecule has 2 N–H and O–H groups in total. The Hall–Kier alpha value is -3.94. The fraction of sp³-hybridized carbons (Fsp3) is 0.250. The number of alkyl halides is 3. The number of halogens is 3. The van der Waals surface area contributed by atoms with Gasteiger partial charge in [0.05, 0.1) is 37.2 Å². The average molecular weight is 495 g/mol. The monoisotopic (exact) mass is 494 g/mol. The number of anilines is 2. The molecule has 0 fully saturated rings. The van der Waals surface area contributed by atoms with E-state index >= 15 is 0 Å².